The molecule has 0 aliphatic heterocycles. The van der Waals surface area contributed by atoms with E-state index in [0.29, 0.717) is 0 Å². The predicted octanol–water partition coefficient (Wildman–Crippen LogP) is 9.80. The molecule has 0 atom stereocenters. The van der Waals surface area contributed by atoms with Crippen LogP contribution < -0.4 is 0 Å². The van der Waals surface area contributed by atoms with Crippen LogP contribution in [0.3, 0.4) is 0 Å². The van der Waals surface area contributed by atoms with E-state index in [1.165, 1.54) is 60.4 Å². The highest BCUT2D eigenvalue weighted by molar-refractivity contribution is 6.19. The molecule has 180 valence electrons. The molecule has 39 heavy (non-hydrogen) atoms. The summed E-state index contributed by atoms with van der Waals surface area (Å²) in [6.45, 7) is 0. The maximum Gasteiger partial charge on any atom is 0.0948 e. The molecule has 0 fully saturated rings. The lowest BCUT2D eigenvalue weighted by molar-refractivity contribution is 1.18. The molecule has 9 rings (SSSR count). The summed E-state index contributed by atoms with van der Waals surface area (Å²) in [4.78, 5) is 4.84. The molecule has 1 aliphatic rings. The summed E-state index contributed by atoms with van der Waals surface area (Å²) < 4.78 is 2.39. The zero-order valence-electron chi connectivity index (χ0n) is 21.1. The van der Waals surface area contributed by atoms with Gasteiger partial charge in [-0.25, -0.2) is 0 Å². The van der Waals surface area contributed by atoms with E-state index in [1.807, 2.05) is 12.3 Å². The number of nitrogens with zero attached hydrogens (tertiary/aromatic N) is 2. The summed E-state index contributed by atoms with van der Waals surface area (Å²) in [6, 6.07) is 46.3. The third-order valence-corrected chi connectivity index (χ3v) is 8.37. The Morgan fingerprint density at radius 1 is 0.487 bits per heavy atom. The molecular formula is C37H22N2. The maximum atomic E-state index is 4.84. The summed E-state index contributed by atoms with van der Waals surface area (Å²) >= 11 is 0. The molecule has 6 aromatic carbocycles. The van der Waals surface area contributed by atoms with Gasteiger partial charge in [-0.1, -0.05) is 103 Å². The second-order valence-electron chi connectivity index (χ2n) is 10.4. The molecule has 0 radical (unpaired) electrons. The highest BCUT2D eigenvalue weighted by Crippen LogP contribution is 2.49. The molecule has 0 N–H and O–H groups in total. The van der Waals surface area contributed by atoms with Crippen LogP contribution in [0.4, 0.5) is 0 Å². The third-order valence-electron chi connectivity index (χ3n) is 8.37. The third kappa shape index (κ3) is 2.78. The van der Waals surface area contributed by atoms with E-state index in [9.17, 15) is 0 Å². The van der Waals surface area contributed by atoms with E-state index in [4.69, 9.17) is 4.98 Å². The van der Waals surface area contributed by atoms with Crippen LogP contribution in [0.1, 0.15) is 0 Å². The molecule has 0 saturated carbocycles. The Morgan fingerprint density at radius 3 is 2.15 bits per heavy atom. The van der Waals surface area contributed by atoms with Crippen molar-refractivity contribution in [2.45, 2.75) is 0 Å². The number of fused-ring (bicyclic) bond motifs is 8. The van der Waals surface area contributed by atoms with Crippen LogP contribution in [-0.2, 0) is 0 Å². The van der Waals surface area contributed by atoms with Crippen LogP contribution >= 0.6 is 0 Å². The van der Waals surface area contributed by atoms with E-state index in [0.717, 1.165) is 22.1 Å². The smallest absolute Gasteiger partial charge is 0.0948 e. The van der Waals surface area contributed by atoms with Crippen LogP contribution in [-0.4, -0.2) is 9.55 Å². The molecule has 8 aromatic rings. The van der Waals surface area contributed by atoms with E-state index >= 15 is 0 Å². The Labute approximate surface area is 225 Å². The van der Waals surface area contributed by atoms with Crippen molar-refractivity contribution in [2.24, 2.45) is 0 Å². The maximum absolute atomic E-state index is 4.84. The van der Waals surface area contributed by atoms with Gasteiger partial charge in [-0.2, -0.15) is 0 Å². The second-order valence-corrected chi connectivity index (χ2v) is 10.4. The number of para-hydroxylation sites is 1. The fourth-order valence-corrected chi connectivity index (χ4v) is 6.73. The van der Waals surface area contributed by atoms with Crippen molar-refractivity contribution in [3.8, 4) is 39.1 Å². The highest BCUT2D eigenvalue weighted by Gasteiger charge is 2.22. The van der Waals surface area contributed by atoms with Gasteiger partial charge in [0.25, 0.3) is 0 Å². The zero-order valence-corrected chi connectivity index (χ0v) is 21.1. The molecule has 1 aliphatic carbocycles. The van der Waals surface area contributed by atoms with Crippen molar-refractivity contribution in [3.05, 3.63) is 134 Å². The van der Waals surface area contributed by atoms with Gasteiger partial charge in [-0.3, -0.25) is 4.98 Å². The van der Waals surface area contributed by atoms with Gasteiger partial charge in [-0.05, 0) is 68.4 Å². The Morgan fingerprint density at radius 2 is 1.23 bits per heavy atom. The second kappa shape index (κ2) is 7.66. The number of aromatic nitrogens is 2. The Bertz CT molecular complexity index is 2260. The molecule has 0 bridgehead atoms. The Balaban J connectivity index is 1.33. The van der Waals surface area contributed by atoms with E-state index < -0.39 is 0 Å². The summed E-state index contributed by atoms with van der Waals surface area (Å²) in [7, 11) is 0. The van der Waals surface area contributed by atoms with Crippen molar-refractivity contribution in [3.63, 3.8) is 0 Å². The summed E-state index contributed by atoms with van der Waals surface area (Å²) in [5.74, 6) is 0. The van der Waals surface area contributed by atoms with E-state index in [1.54, 1.807) is 0 Å². The van der Waals surface area contributed by atoms with Gasteiger partial charge in [0.05, 0.1) is 16.6 Å². The molecule has 0 spiro atoms. The largest absolute Gasteiger partial charge is 0.307 e. The van der Waals surface area contributed by atoms with Gasteiger partial charge >= 0.3 is 0 Å². The number of hydrogen-bond acceptors (Lipinski definition) is 1. The number of rotatable bonds is 2. The predicted molar refractivity (Wildman–Crippen MR) is 163 cm³/mol. The Hall–Kier alpha value is -5.21. The quantitative estimate of drug-likeness (QED) is 0.234. The van der Waals surface area contributed by atoms with Crippen molar-refractivity contribution in [1.82, 2.24) is 9.55 Å². The van der Waals surface area contributed by atoms with Gasteiger partial charge < -0.3 is 4.57 Å². The standard InChI is InChI=1S/C37H22N2/c1-2-12-28-27(11-1)31-15-6-14-30-26(19-20-32(28)35(30)31)24-8-5-10-25(22-24)39-34-16-4-3-13-29(34)33-18-17-23-9-7-21-38-36(23)37(33)39/h1-22H. The van der Waals surface area contributed by atoms with Crippen molar-refractivity contribution in [1.29, 1.82) is 0 Å². The van der Waals surface area contributed by atoms with Gasteiger partial charge in [0.1, 0.15) is 0 Å². The minimum Gasteiger partial charge on any atom is -0.307 e. The van der Waals surface area contributed by atoms with Crippen LogP contribution in [0.5, 0.6) is 0 Å². The molecule has 0 amide bonds. The molecule has 2 nitrogen and oxygen atoms in total. The van der Waals surface area contributed by atoms with Gasteiger partial charge in [0, 0.05) is 28.0 Å². The molecule has 0 saturated heterocycles. The summed E-state index contributed by atoms with van der Waals surface area (Å²) in [6.07, 6.45) is 1.89. The Kier molecular flexibility index (Phi) is 4.08. The van der Waals surface area contributed by atoms with Gasteiger partial charge in [0.15, 0.2) is 0 Å². The fourth-order valence-electron chi connectivity index (χ4n) is 6.73. The summed E-state index contributed by atoms with van der Waals surface area (Å²) in [5, 5.41) is 6.28. The minimum absolute atomic E-state index is 1.03. The first-order valence-electron chi connectivity index (χ1n) is 13.4. The SMILES string of the molecule is c1cc(-c2ccc3c4c(cccc24)-c2ccccc2-3)cc(-n2c3ccccc3c3ccc4cccnc4c32)c1. The lowest BCUT2D eigenvalue weighted by atomic mass is 9.94. The van der Waals surface area contributed by atoms with Crippen LogP contribution in [0.25, 0.3) is 82.5 Å². The first-order chi connectivity index (χ1) is 19.4. The van der Waals surface area contributed by atoms with E-state index in [-0.39, 0.29) is 0 Å². The van der Waals surface area contributed by atoms with Gasteiger partial charge in [-0.15, -0.1) is 0 Å². The van der Waals surface area contributed by atoms with Gasteiger partial charge in [0.2, 0.25) is 0 Å². The van der Waals surface area contributed by atoms with Crippen molar-refractivity contribution < 1.29 is 0 Å². The van der Waals surface area contributed by atoms with Crippen molar-refractivity contribution in [2.75, 3.05) is 0 Å². The first-order valence-corrected chi connectivity index (χ1v) is 13.4. The van der Waals surface area contributed by atoms with E-state index in [2.05, 4.69) is 126 Å². The van der Waals surface area contributed by atoms with Crippen LogP contribution in [0.2, 0.25) is 0 Å². The fraction of sp³-hybridized carbons (Fsp3) is 0. The average Bonchev–Trinajstić information content (AvgIpc) is 3.52. The lowest BCUT2D eigenvalue weighted by Crippen LogP contribution is -1.96. The summed E-state index contributed by atoms with van der Waals surface area (Å²) in [5.41, 5.74) is 12.3. The zero-order chi connectivity index (χ0) is 25.5. The molecule has 2 heterocycles. The topological polar surface area (TPSA) is 17.8 Å². The first kappa shape index (κ1) is 20.8. The number of benzene rings is 6. The minimum atomic E-state index is 1.03. The van der Waals surface area contributed by atoms with Crippen molar-refractivity contribution >= 4 is 43.5 Å². The highest BCUT2D eigenvalue weighted by atomic mass is 15.0. The normalized spacial score (nSPS) is 12.1. The average molecular weight is 495 g/mol. The van der Waals surface area contributed by atoms with Crippen LogP contribution in [0.15, 0.2) is 134 Å². The number of pyridine rings is 1. The molecule has 2 heteroatoms. The molecular weight excluding hydrogens is 472 g/mol. The lowest BCUT2D eigenvalue weighted by Gasteiger charge is -2.13. The number of hydrogen-bond donors (Lipinski definition) is 0. The molecule has 2 aromatic heterocycles. The monoisotopic (exact) mass is 494 g/mol. The molecule has 0 unspecified atom stereocenters. The van der Waals surface area contributed by atoms with Crippen LogP contribution in [0, 0.1) is 0 Å².